The minimum atomic E-state index is -0.287. The molecule has 0 spiro atoms. The summed E-state index contributed by atoms with van der Waals surface area (Å²) in [5, 5.41) is 32.0. The van der Waals surface area contributed by atoms with Crippen molar-refractivity contribution < 1.29 is 15.3 Å². The quantitative estimate of drug-likeness (QED) is 0.425. The molecule has 0 aromatic heterocycles. The lowest BCUT2D eigenvalue weighted by Gasteiger charge is -2.67. The lowest BCUT2D eigenvalue weighted by molar-refractivity contribution is -0.204. The maximum Gasteiger partial charge on any atom is 0.0639 e. The van der Waals surface area contributed by atoms with E-state index in [2.05, 4.69) is 53.7 Å². The fourth-order valence-corrected chi connectivity index (χ4v) is 9.52. The summed E-state index contributed by atoms with van der Waals surface area (Å²) in [4.78, 5) is 0. The van der Waals surface area contributed by atoms with E-state index in [1.54, 1.807) is 0 Å². The second-order valence-corrected chi connectivity index (χ2v) is 13.6. The standard InChI is InChI=1S/C30H50O3/c1-19(18-31)9-8-10-20(2)21-15-16-28(5)24-13-11-22-23(12-14-25(32)27(22,3)4)30(24,7)26(33)17-29(21,28)6/h9,11,20-21,23-26,31-33H,8,10,12-18H2,1-7H3/b19-9+/t20-,21-,23-,24+,25+,26-,28+,29-,30+/m1/s1. The number of rotatable bonds is 5. The molecule has 0 amide bonds. The summed E-state index contributed by atoms with van der Waals surface area (Å²) in [5.41, 5.74) is 2.58. The van der Waals surface area contributed by atoms with Crippen LogP contribution in [-0.4, -0.2) is 34.1 Å². The molecule has 9 atom stereocenters. The van der Waals surface area contributed by atoms with Crippen LogP contribution >= 0.6 is 0 Å². The molecule has 3 N–H and O–H groups in total. The molecule has 3 fully saturated rings. The van der Waals surface area contributed by atoms with E-state index in [9.17, 15) is 15.3 Å². The van der Waals surface area contributed by atoms with Gasteiger partial charge in [-0.25, -0.2) is 0 Å². The van der Waals surface area contributed by atoms with Crippen LogP contribution in [0.5, 0.6) is 0 Å². The van der Waals surface area contributed by atoms with E-state index in [4.69, 9.17) is 0 Å². The maximum atomic E-state index is 11.9. The number of hydrogen-bond donors (Lipinski definition) is 3. The molecule has 0 saturated heterocycles. The van der Waals surface area contributed by atoms with Gasteiger partial charge in [0.15, 0.2) is 0 Å². The minimum absolute atomic E-state index is 0.102. The third-order valence-electron chi connectivity index (χ3n) is 12.0. The first-order chi connectivity index (χ1) is 15.3. The second-order valence-electron chi connectivity index (χ2n) is 13.6. The lowest BCUT2D eigenvalue weighted by Crippen LogP contribution is -2.64. The molecular formula is C30H50O3. The van der Waals surface area contributed by atoms with Crippen LogP contribution in [-0.2, 0) is 0 Å². The van der Waals surface area contributed by atoms with E-state index in [1.165, 1.54) is 18.4 Å². The smallest absolute Gasteiger partial charge is 0.0639 e. The van der Waals surface area contributed by atoms with Crippen molar-refractivity contribution in [2.75, 3.05) is 6.61 Å². The normalized spacial score (nSPS) is 47.9. The largest absolute Gasteiger partial charge is 0.393 e. The molecule has 3 heteroatoms. The van der Waals surface area contributed by atoms with E-state index in [0.29, 0.717) is 23.7 Å². The maximum absolute atomic E-state index is 11.9. The van der Waals surface area contributed by atoms with Crippen molar-refractivity contribution in [3.63, 3.8) is 0 Å². The van der Waals surface area contributed by atoms with Crippen LogP contribution in [0.4, 0.5) is 0 Å². The molecule has 4 aliphatic carbocycles. The molecule has 0 unspecified atom stereocenters. The second kappa shape index (κ2) is 8.49. The van der Waals surface area contributed by atoms with Crippen LogP contribution in [0, 0.1) is 45.3 Å². The topological polar surface area (TPSA) is 60.7 Å². The van der Waals surface area contributed by atoms with Gasteiger partial charge in [0, 0.05) is 10.8 Å². The molecular weight excluding hydrogens is 408 g/mol. The van der Waals surface area contributed by atoms with Crippen LogP contribution < -0.4 is 0 Å². The number of aliphatic hydroxyl groups is 3. The minimum Gasteiger partial charge on any atom is -0.393 e. The average Bonchev–Trinajstić information content (AvgIpc) is 3.02. The Kier molecular flexibility index (Phi) is 6.55. The van der Waals surface area contributed by atoms with Crippen molar-refractivity contribution in [1.29, 1.82) is 0 Å². The van der Waals surface area contributed by atoms with Gasteiger partial charge in [-0.3, -0.25) is 0 Å². The van der Waals surface area contributed by atoms with Crippen molar-refractivity contribution in [2.45, 2.75) is 112 Å². The molecule has 4 rings (SSSR count). The highest BCUT2D eigenvalue weighted by atomic mass is 16.3. The fraction of sp³-hybridized carbons (Fsp3) is 0.867. The van der Waals surface area contributed by atoms with Crippen LogP contribution in [0.1, 0.15) is 99.8 Å². The molecule has 3 nitrogen and oxygen atoms in total. The first kappa shape index (κ1) is 25.5. The molecule has 0 aromatic rings. The Morgan fingerprint density at radius 2 is 1.76 bits per heavy atom. The third kappa shape index (κ3) is 3.54. The number of hydrogen-bond acceptors (Lipinski definition) is 3. The zero-order valence-electron chi connectivity index (χ0n) is 22.3. The van der Waals surface area contributed by atoms with E-state index in [1.807, 2.05) is 6.92 Å². The molecule has 33 heavy (non-hydrogen) atoms. The summed E-state index contributed by atoms with van der Waals surface area (Å²) in [5.74, 6) is 2.13. The van der Waals surface area contributed by atoms with Crippen LogP contribution in [0.15, 0.2) is 23.3 Å². The summed E-state index contributed by atoms with van der Waals surface area (Å²) in [6, 6.07) is 0. The van der Waals surface area contributed by atoms with E-state index in [-0.39, 0.29) is 40.5 Å². The summed E-state index contributed by atoms with van der Waals surface area (Å²) >= 11 is 0. The van der Waals surface area contributed by atoms with Gasteiger partial charge in [0.1, 0.15) is 0 Å². The van der Waals surface area contributed by atoms with Gasteiger partial charge in [-0.1, -0.05) is 64.8 Å². The van der Waals surface area contributed by atoms with Gasteiger partial charge < -0.3 is 15.3 Å². The Bertz CT molecular complexity index is 811. The van der Waals surface area contributed by atoms with Gasteiger partial charge in [0.05, 0.1) is 18.8 Å². The van der Waals surface area contributed by atoms with Gasteiger partial charge in [-0.15, -0.1) is 0 Å². The molecule has 3 saturated carbocycles. The van der Waals surface area contributed by atoms with Crippen molar-refractivity contribution in [1.82, 2.24) is 0 Å². The predicted molar refractivity (Wildman–Crippen MR) is 136 cm³/mol. The zero-order valence-corrected chi connectivity index (χ0v) is 22.3. The SMILES string of the molecule is C/C(=C\CC[C@@H](C)[C@H]1CC[C@@]2(C)[C@@H]3CC=C4[C@@H](CC[C@H](O)C4(C)C)[C@]3(C)[C@H](O)C[C@]12C)CO. The van der Waals surface area contributed by atoms with Crippen molar-refractivity contribution in [3.05, 3.63) is 23.3 Å². The summed E-state index contributed by atoms with van der Waals surface area (Å²) in [6.45, 7) is 16.5. The number of aliphatic hydroxyl groups excluding tert-OH is 3. The third-order valence-corrected chi connectivity index (χ3v) is 12.0. The molecule has 0 heterocycles. The predicted octanol–water partition coefficient (Wildman–Crippen LogP) is 6.28. The summed E-state index contributed by atoms with van der Waals surface area (Å²) < 4.78 is 0. The summed E-state index contributed by atoms with van der Waals surface area (Å²) in [7, 11) is 0. The highest BCUT2D eigenvalue weighted by Gasteiger charge is 2.70. The monoisotopic (exact) mass is 458 g/mol. The van der Waals surface area contributed by atoms with Gasteiger partial charge in [-0.05, 0) is 92.8 Å². The molecule has 4 aliphatic rings. The van der Waals surface area contributed by atoms with E-state index in [0.717, 1.165) is 44.1 Å². The average molecular weight is 459 g/mol. The van der Waals surface area contributed by atoms with Crippen molar-refractivity contribution in [2.24, 2.45) is 45.3 Å². The van der Waals surface area contributed by atoms with Gasteiger partial charge in [0.2, 0.25) is 0 Å². The molecule has 0 bridgehead atoms. The molecule has 0 radical (unpaired) electrons. The van der Waals surface area contributed by atoms with Gasteiger partial charge in [-0.2, -0.15) is 0 Å². The van der Waals surface area contributed by atoms with Gasteiger partial charge >= 0.3 is 0 Å². The number of fused-ring (bicyclic) bond motifs is 5. The lowest BCUT2D eigenvalue weighted by atomic mass is 9.38. The Morgan fingerprint density at radius 3 is 2.42 bits per heavy atom. The highest BCUT2D eigenvalue weighted by molar-refractivity contribution is 5.31. The van der Waals surface area contributed by atoms with Gasteiger partial charge in [0.25, 0.3) is 0 Å². The first-order valence-corrected chi connectivity index (χ1v) is 13.7. The summed E-state index contributed by atoms with van der Waals surface area (Å²) in [6.07, 6.45) is 12.6. The highest BCUT2D eigenvalue weighted by Crippen LogP contribution is 2.74. The molecule has 0 aliphatic heterocycles. The Balaban J connectivity index is 1.64. The first-order valence-electron chi connectivity index (χ1n) is 13.7. The Labute approximate surface area is 202 Å². The van der Waals surface area contributed by atoms with E-state index < -0.39 is 0 Å². The van der Waals surface area contributed by atoms with E-state index >= 15 is 0 Å². The molecule has 188 valence electrons. The number of allylic oxidation sites excluding steroid dienone is 2. The van der Waals surface area contributed by atoms with Crippen LogP contribution in [0.2, 0.25) is 0 Å². The zero-order chi connectivity index (χ0) is 24.4. The molecule has 0 aromatic carbocycles. The van der Waals surface area contributed by atoms with Crippen LogP contribution in [0.25, 0.3) is 0 Å². The fourth-order valence-electron chi connectivity index (χ4n) is 9.52. The Hall–Kier alpha value is -0.640. The van der Waals surface area contributed by atoms with Crippen molar-refractivity contribution in [3.8, 4) is 0 Å². The van der Waals surface area contributed by atoms with Crippen molar-refractivity contribution >= 4 is 0 Å². The Morgan fingerprint density at radius 1 is 1.06 bits per heavy atom. The van der Waals surface area contributed by atoms with Crippen LogP contribution in [0.3, 0.4) is 0 Å².